The Hall–Kier alpha value is -1.07. The number of sulfone groups is 1. The van der Waals surface area contributed by atoms with E-state index in [0.29, 0.717) is 44.0 Å². The highest BCUT2D eigenvalue weighted by Gasteiger charge is 2.50. The van der Waals surface area contributed by atoms with E-state index in [0.717, 1.165) is 31.0 Å². The second-order valence-corrected chi connectivity index (χ2v) is 18.8. The standard InChI is InChI=1S/C30H48O7SSi/c1-5-39(6-2,7-3)37-28-19-27(31)26(20-38(32,33)24-15-11-10-12-16-24)25(28)17-13-8-9-14-18-30-34-21-29(4,22-35-30)23-36-30/h8,10-13,15-16,25-28,31H,5-7,9,14,17-23H2,1-4H3/t25-,26-,27-,28+,29?,30?/m1/s1. The fourth-order valence-corrected chi connectivity index (χ4v) is 10.9. The summed E-state index contributed by atoms with van der Waals surface area (Å²) in [5, 5.41) is 11.1. The molecule has 1 aromatic carbocycles. The van der Waals surface area contributed by atoms with Crippen molar-refractivity contribution in [3.05, 3.63) is 42.5 Å². The molecule has 1 aliphatic carbocycles. The number of hydrogen-bond acceptors (Lipinski definition) is 7. The summed E-state index contributed by atoms with van der Waals surface area (Å²) < 4.78 is 51.1. The highest BCUT2D eigenvalue weighted by Crippen LogP contribution is 2.42. The summed E-state index contributed by atoms with van der Waals surface area (Å²) in [5.74, 6) is -1.38. The average molecular weight is 581 g/mol. The first-order chi connectivity index (χ1) is 18.6. The van der Waals surface area contributed by atoms with Gasteiger partial charge >= 0.3 is 0 Å². The molecule has 3 aliphatic heterocycles. The molecular weight excluding hydrogens is 532 g/mol. The number of aliphatic hydroxyl groups is 1. The van der Waals surface area contributed by atoms with Gasteiger partial charge in [0.25, 0.3) is 5.97 Å². The second-order valence-electron chi connectivity index (χ2n) is 12.1. The van der Waals surface area contributed by atoms with Gasteiger partial charge in [-0.1, -0.05) is 58.0 Å². The third-order valence-corrected chi connectivity index (χ3v) is 15.7. The molecule has 5 rings (SSSR count). The predicted octanol–water partition coefficient (Wildman–Crippen LogP) is 5.70. The van der Waals surface area contributed by atoms with Crippen LogP contribution in [0.1, 0.15) is 59.8 Å². The average Bonchev–Trinajstić information content (AvgIpc) is 3.23. The zero-order valence-corrected chi connectivity index (χ0v) is 26.0. The van der Waals surface area contributed by atoms with Crippen LogP contribution in [0, 0.1) is 17.3 Å². The molecule has 9 heteroatoms. The van der Waals surface area contributed by atoms with E-state index in [9.17, 15) is 13.5 Å². The molecule has 0 unspecified atom stereocenters. The summed E-state index contributed by atoms with van der Waals surface area (Å²) in [6.07, 6.45) is 7.05. The van der Waals surface area contributed by atoms with Crippen molar-refractivity contribution in [1.29, 1.82) is 0 Å². The highest BCUT2D eigenvalue weighted by molar-refractivity contribution is 7.91. The van der Waals surface area contributed by atoms with Crippen molar-refractivity contribution in [3.63, 3.8) is 0 Å². The van der Waals surface area contributed by atoms with Gasteiger partial charge in [-0.15, -0.1) is 0 Å². The Morgan fingerprint density at radius 3 is 2.21 bits per heavy atom. The number of aliphatic hydroxyl groups excluding tert-OH is 1. The fraction of sp³-hybridized carbons (Fsp3) is 0.733. The molecule has 2 bridgehead atoms. The molecule has 4 fully saturated rings. The lowest BCUT2D eigenvalue weighted by molar-refractivity contribution is -0.467. The third kappa shape index (κ3) is 7.23. The smallest absolute Gasteiger partial charge is 0.282 e. The normalized spacial score (nSPS) is 33.3. The Morgan fingerprint density at radius 2 is 1.62 bits per heavy atom. The van der Waals surface area contributed by atoms with Crippen molar-refractivity contribution in [3.8, 4) is 0 Å². The van der Waals surface area contributed by atoms with Gasteiger partial charge in [-0.2, -0.15) is 0 Å². The van der Waals surface area contributed by atoms with E-state index in [-0.39, 0.29) is 29.1 Å². The topological polar surface area (TPSA) is 91.3 Å². The molecule has 220 valence electrons. The van der Waals surface area contributed by atoms with Gasteiger partial charge in [-0.25, -0.2) is 8.42 Å². The monoisotopic (exact) mass is 580 g/mol. The second kappa shape index (κ2) is 12.8. The van der Waals surface area contributed by atoms with Crippen LogP contribution in [-0.4, -0.2) is 65.6 Å². The van der Waals surface area contributed by atoms with E-state index in [2.05, 4.69) is 39.8 Å². The number of unbranched alkanes of at least 4 members (excludes halogenated alkanes) is 1. The van der Waals surface area contributed by atoms with Crippen molar-refractivity contribution in [2.45, 2.75) is 101 Å². The molecule has 0 radical (unpaired) electrons. The van der Waals surface area contributed by atoms with Gasteiger partial charge in [-0.3, -0.25) is 0 Å². The van der Waals surface area contributed by atoms with Crippen LogP contribution in [0.3, 0.4) is 0 Å². The molecule has 3 saturated heterocycles. The maximum atomic E-state index is 13.3. The van der Waals surface area contributed by atoms with Crippen LogP contribution in [0.15, 0.2) is 47.4 Å². The van der Waals surface area contributed by atoms with Gasteiger partial charge in [0.05, 0.1) is 42.7 Å². The van der Waals surface area contributed by atoms with E-state index in [4.69, 9.17) is 18.6 Å². The van der Waals surface area contributed by atoms with Crippen LogP contribution in [0.25, 0.3) is 0 Å². The molecule has 4 aliphatic rings. The van der Waals surface area contributed by atoms with Crippen molar-refractivity contribution >= 4 is 18.2 Å². The molecular formula is C30H48O7SSi. The maximum Gasteiger partial charge on any atom is 0.282 e. The van der Waals surface area contributed by atoms with Crippen LogP contribution < -0.4 is 0 Å². The van der Waals surface area contributed by atoms with E-state index in [1.165, 1.54) is 0 Å². The molecule has 1 N–H and O–H groups in total. The zero-order chi connectivity index (χ0) is 28.2. The van der Waals surface area contributed by atoms with Crippen LogP contribution in [-0.2, 0) is 28.5 Å². The fourth-order valence-electron chi connectivity index (χ4n) is 6.27. The summed E-state index contributed by atoms with van der Waals surface area (Å²) in [7, 11) is -5.45. The summed E-state index contributed by atoms with van der Waals surface area (Å²) in [5.41, 5.74) is -0.0373. The molecule has 1 saturated carbocycles. The highest BCUT2D eigenvalue weighted by atomic mass is 32.2. The lowest BCUT2D eigenvalue weighted by atomic mass is 9.91. The number of ether oxygens (including phenoxy) is 3. The van der Waals surface area contributed by atoms with Crippen LogP contribution in [0.2, 0.25) is 18.1 Å². The molecule has 4 atom stereocenters. The summed E-state index contributed by atoms with van der Waals surface area (Å²) in [6.45, 7) is 10.7. The Morgan fingerprint density at radius 1 is 1.00 bits per heavy atom. The Bertz CT molecular complexity index is 1020. The van der Waals surface area contributed by atoms with E-state index >= 15 is 0 Å². The molecule has 1 aromatic rings. The molecule has 0 aromatic heterocycles. The SMILES string of the molecule is CC[Si](CC)(CC)O[C@H]1C[C@@H](O)[C@H](CS(=O)(=O)c2ccccc2)[C@H]1CC=CCCCC12OCC(C)(CO1)CO2. The summed E-state index contributed by atoms with van der Waals surface area (Å²) in [4.78, 5) is 0.312. The lowest BCUT2D eigenvalue weighted by Crippen LogP contribution is -2.58. The number of hydrogen-bond donors (Lipinski definition) is 1. The van der Waals surface area contributed by atoms with Gasteiger partial charge in [-0.05, 0) is 61.9 Å². The first-order valence-electron chi connectivity index (χ1n) is 14.8. The minimum Gasteiger partial charge on any atom is -0.414 e. The van der Waals surface area contributed by atoms with Crippen molar-refractivity contribution < 1.29 is 32.2 Å². The Balaban J connectivity index is 1.41. The minimum atomic E-state index is -3.53. The third-order valence-electron chi connectivity index (χ3n) is 9.19. The van der Waals surface area contributed by atoms with E-state index < -0.39 is 30.2 Å². The number of benzene rings is 1. The van der Waals surface area contributed by atoms with Crippen molar-refractivity contribution in [1.82, 2.24) is 0 Å². The minimum absolute atomic E-state index is 0.0373. The summed E-state index contributed by atoms with van der Waals surface area (Å²) in [6, 6.07) is 11.6. The van der Waals surface area contributed by atoms with Crippen molar-refractivity contribution in [2.24, 2.45) is 17.3 Å². The quantitative estimate of drug-likeness (QED) is 0.171. The van der Waals surface area contributed by atoms with Gasteiger partial charge < -0.3 is 23.7 Å². The van der Waals surface area contributed by atoms with Crippen LogP contribution in [0.5, 0.6) is 0 Å². The number of rotatable bonds is 14. The first-order valence-corrected chi connectivity index (χ1v) is 19.0. The van der Waals surface area contributed by atoms with E-state index in [1.54, 1.807) is 24.3 Å². The Kier molecular flexibility index (Phi) is 10.2. The molecule has 0 spiro atoms. The molecule has 0 amide bonds. The van der Waals surface area contributed by atoms with Crippen LogP contribution >= 0.6 is 0 Å². The van der Waals surface area contributed by atoms with Gasteiger partial charge in [0.2, 0.25) is 0 Å². The zero-order valence-electron chi connectivity index (χ0n) is 24.1. The predicted molar refractivity (Wildman–Crippen MR) is 154 cm³/mol. The van der Waals surface area contributed by atoms with Gasteiger partial charge in [0.1, 0.15) is 0 Å². The van der Waals surface area contributed by atoms with Crippen molar-refractivity contribution in [2.75, 3.05) is 25.6 Å². The molecule has 39 heavy (non-hydrogen) atoms. The molecule has 7 nitrogen and oxygen atoms in total. The van der Waals surface area contributed by atoms with E-state index in [1.807, 2.05) is 6.07 Å². The first kappa shape index (κ1) is 30.9. The van der Waals surface area contributed by atoms with Crippen LogP contribution in [0.4, 0.5) is 0 Å². The van der Waals surface area contributed by atoms with Gasteiger partial charge in [0.15, 0.2) is 18.2 Å². The van der Waals surface area contributed by atoms with Gasteiger partial charge in [0, 0.05) is 17.8 Å². The number of allylic oxidation sites excluding steroid dienone is 2. The molecule has 3 heterocycles. The maximum absolute atomic E-state index is 13.3. The summed E-state index contributed by atoms with van der Waals surface area (Å²) >= 11 is 0. The number of fused-ring (bicyclic) bond motifs is 3. The lowest BCUT2D eigenvalue weighted by Gasteiger charge is -2.50. The Labute approximate surface area is 236 Å². The largest absolute Gasteiger partial charge is 0.414 e.